The summed E-state index contributed by atoms with van der Waals surface area (Å²) in [5, 5.41) is 0. The highest BCUT2D eigenvalue weighted by Crippen LogP contribution is 2.25. The second-order valence-corrected chi connectivity index (χ2v) is 7.31. The van der Waals surface area contributed by atoms with Crippen LogP contribution in [0.2, 0.25) is 0 Å². The van der Waals surface area contributed by atoms with E-state index in [9.17, 15) is 8.42 Å². The number of para-hydroxylation sites is 2. The number of hydrogen-bond donors (Lipinski definition) is 2. The van der Waals surface area contributed by atoms with Crippen LogP contribution in [0.1, 0.15) is 26.2 Å². The van der Waals surface area contributed by atoms with Gasteiger partial charge in [-0.3, -0.25) is 0 Å². The molecule has 112 valence electrons. The summed E-state index contributed by atoms with van der Waals surface area (Å²) in [6.45, 7) is 2.25. The summed E-state index contributed by atoms with van der Waals surface area (Å²) in [7, 11) is -3.29. The van der Waals surface area contributed by atoms with Crippen molar-refractivity contribution in [2.75, 3.05) is 18.1 Å². The minimum Gasteiger partial charge on any atom is -0.490 e. The zero-order valence-electron chi connectivity index (χ0n) is 11.7. The first-order chi connectivity index (χ1) is 9.46. The van der Waals surface area contributed by atoms with Crippen LogP contribution in [-0.4, -0.2) is 26.8 Å². The Morgan fingerprint density at radius 2 is 2.10 bits per heavy atom. The van der Waals surface area contributed by atoms with Crippen molar-refractivity contribution < 1.29 is 13.2 Å². The predicted octanol–water partition coefficient (Wildman–Crippen LogP) is 1.76. The van der Waals surface area contributed by atoms with Gasteiger partial charge in [-0.2, -0.15) is 0 Å². The van der Waals surface area contributed by atoms with Gasteiger partial charge < -0.3 is 10.5 Å². The number of rotatable bonds is 6. The zero-order chi connectivity index (χ0) is 14.6. The molecular weight excluding hydrogens is 276 g/mol. The molecule has 0 radical (unpaired) electrons. The van der Waals surface area contributed by atoms with E-state index < -0.39 is 10.0 Å². The van der Waals surface area contributed by atoms with Crippen molar-refractivity contribution in [3.05, 3.63) is 24.3 Å². The second kappa shape index (κ2) is 6.45. The minimum absolute atomic E-state index is 0.0494. The Labute approximate surface area is 120 Å². The average molecular weight is 298 g/mol. The Kier molecular flexibility index (Phi) is 4.88. The third-order valence-electron chi connectivity index (χ3n) is 3.57. The summed E-state index contributed by atoms with van der Waals surface area (Å²) in [5.74, 6) is 1.08. The molecule has 5 nitrogen and oxygen atoms in total. The first kappa shape index (κ1) is 15.1. The summed E-state index contributed by atoms with van der Waals surface area (Å²) in [5.41, 5.74) is 6.24. The van der Waals surface area contributed by atoms with E-state index in [-0.39, 0.29) is 18.4 Å². The quantitative estimate of drug-likeness (QED) is 0.784. The fraction of sp³-hybridized carbons (Fsp3) is 0.571. The van der Waals surface area contributed by atoms with Gasteiger partial charge in [-0.15, -0.1) is 0 Å². The van der Waals surface area contributed by atoms with Gasteiger partial charge >= 0.3 is 0 Å². The molecule has 2 atom stereocenters. The van der Waals surface area contributed by atoms with Gasteiger partial charge in [0, 0.05) is 6.04 Å². The van der Waals surface area contributed by atoms with E-state index >= 15 is 0 Å². The smallest absolute Gasteiger partial charge is 0.215 e. The molecule has 3 N–H and O–H groups in total. The number of anilines is 1. The van der Waals surface area contributed by atoms with Gasteiger partial charge in [0.2, 0.25) is 10.0 Å². The van der Waals surface area contributed by atoms with Crippen LogP contribution in [-0.2, 0) is 10.0 Å². The summed E-state index contributed by atoms with van der Waals surface area (Å²) in [6, 6.07) is 7.15. The van der Waals surface area contributed by atoms with E-state index in [4.69, 9.17) is 10.5 Å². The largest absolute Gasteiger partial charge is 0.490 e. The number of ether oxygens (including phenoxy) is 1. The Balaban J connectivity index is 1.79. The summed E-state index contributed by atoms with van der Waals surface area (Å²) in [6.07, 6.45) is 2.93. The third-order valence-corrected chi connectivity index (χ3v) is 4.97. The van der Waals surface area contributed by atoms with E-state index in [1.165, 1.54) is 0 Å². The Morgan fingerprint density at radius 1 is 1.35 bits per heavy atom. The minimum atomic E-state index is -3.29. The molecule has 0 spiro atoms. The highest BCUT2D eigenvalue weighted by molar-refractivity contribution is 7.89. The monoisotopic (exact) mass is 298 g/mol. The van der Waals surface area contributed by atoms with Crippen molar-refractivity contribution >= 4 is 15.7 Å². The third kappa shape index (κ3) is 4.38. The Hall–Kier alpha value is -1.27. The number of nitrogens with one attached hydrogen (secondary N) is 1. The van der Waals surface area contributed by atoms with Crippen molar-refractivity contribution in [1.29, 1.82) is 0 Å². The molecule has 6 heteroatoms. The maximum absolute atomic E-state index is 11.9. The predicted molar refractivity (Wildman–Crippen MR) is 80.1 cm³/mol. The van der Waals surface area contributed by atoms with Crippen LogP contribution in [0.5, 0.6) is 5.75 Å². The second-order valence-electron chi connectivity index (χ2n) is 5.44. The summed E-state index contributed by atoms with van der Waals surface area (Å²) < 4.78 is 32.1. The molecule has 0 aromatic heterocycles. The molecule has 0 heterocycles. The Bertz CT molecular complexity index is 545. The van der Waals surface area contributed by atoms with E-state index in [2.05, 4.69) is 11.6 Å². The van der Waals surface area contributed by atoms with Crippen LogP contribution in [0.25, 0.3) is 0 Å². The maximum Gasteiger partial charge on any atom is 0.215 e. The fourth-order valence-electron chi connectivity index (χ4n) is 2.50. The molecule has 1 aliphatic carbocycles. The molecule has 2 rings (SSSR count). The zero-order valence-corrected chi connectivity index (χ0v) is 12.5. The van der Waals surface area contributed by atoms with E-state index in [1.54, 1.807) is 18.2 Å². The number of benzene rings is 1. The molecule has 1 aromatic carbocycles. The van der Waals surface area contributed by atoms with Crippen molar-refractivity contribution in [2.24, 2.45) is 5.92 Å². The number of nitrogens with two attached hydrogens (primary N) is 1. The fourth-order valence-corrected chi connectivity index (χ4v) is 3.64. The van der Waals surface area contributed by atoms with Crippen LogP contribution in [0.4, 0.5) is 5.69 Å². The maximum atomic E-state index is 11.9. The van der Waals surface area contributed by atoms with Crippen molar-refractivity contribution in [2.45, 2.75) is 32.2 Å². The standard InChI is InChI=1S/C14H22N2O3S/c1-11-6-7-12(10-11)16-20(17,18)9-8-19-14-5-3-2-4-13(14)15/h2-5,11-12,16H,6-10,15H2,1H3. The van der Waals surface area contributed by atoms with Gasteiger partial charge in [0.05, 0.1) is 11.4 Å². The Morgan fingerprint density at radius 3 is 2.75 bits per heavy atom. The van der Waals surface area contributed by atoms with Crippen LogP contribution >= 0.6 is 0 Å². The molecule has 1 fully saturated rings. The van der Waals surface area contributed by atoms with Crippen molar-refractivity contribution in [3.8, 4) is 5.75 Å². The average Bonchev–Trinajstić information content (AvgIpc) is 2.76. The lowest BCUT2D eigenvalue weighted by molar-refractivity contribution is 0.341. The number of nitrogen functional groups attached to an aromatic ring is 1. The SMILES string of the molecule is CC1CCC(NS(=O)(=O)CCOc2ccccc2N)C1. The molecule has 0 bridgehead atoms. The normalized spacial score (nSPS) is 22.9. The number of hydrogen-bond acceptors (Lipinski definition) is 4. The summed E-state index contributed by atoms with van der Waals surface area (Å²) in [4.78, 5) is 0. The van der Waals surface area contributed by atoms with Crippen LogP contribution in [0.15, 0.2) is 24.3 Å². The molecule has 0 aliphatic heterocycles. The molecule has 1 aromatic rings. The molecule has 1 saturated carbocycles. The van der Waals surface area contributed by atoms with Gasteiger partial charge in [-0.1, -0.05) is 19.1 Å². The van der Waals surface area contributed by atoms with Crippen molar-refractivity contribution in [1.82, 2.24) is 4.72 Å². The summed E-state index contributed by atoms with van der Waals surface area (Å²) >= 11 is 0. The first-order valence-corrected chi connectivity index (χ1v) is 8.59. The van der Waals surface area contributed by atoms with Crippen molar-refractivity contribution in [3.63, 3.8) is 0 Å². The highest BCUT2D eigenvalue weighted by atomic mass is 32.2. The van der Waals surface area contributed by atoms with Crippen LogP contribution < -0.4 is 15.2 Å². The molecular formula is C14H22N2O3S. The highest BCUT2D eigenvalue weighted by Gasteiger charge is 2.25. The molecule has 0 amide bonds. The van der Waals surface area contributed by atoms with Gasteiger partial charge in [0.25, 0.3) is 0 Å². The van der Waals surface area contributed by atoms with Crippen LogP contribution in [0.3, 0.4) is 0 Å². The molecule has 2 unspecified atom stereocenters. The van der Waals surface area contributed by atoms with Gasteiger partial charge in [-0.25, -0.2) is 13.1 Å². The van der Waals surface area contributed by atoms with E-state index in [0.29, 0.717) is 17.4 Å². The molecule has 1 aliphatic rings. The van der Waals surface area contributed by atoms with Gasteiger partial charge in [0.15, 0.2) is 0 Å². The first-order valence-electron chi connectivity index (χ1n) is 6.93. The van der Waals surface area contributed by atoms with Crippen LogP contribution in [0, 0.1) is 5.92 Å². The van der Waals surface area contributed by atoms with Gasteiger partial charge in [0.1, 0.15) is 12.4 Å². The molecule has 0 saturated heterocycles. The van der Waals surface area contributed by atoms with E-state index in [1.807, 2.05) is 6.07 Å². The van der Waals surface area contributed by atoms with E-state index in [0.717, 1.165) is 19.3 Å². The number of sulfonamides is 1. The molecule has 20 heavy (non-hydrogen) atoms. The lowest BCUT2D eigenvalue weighted by Crippen LogP contribution is -2.36. The topological polar surface area (TPSA) is 81.4 Å². The lowest BCUT2D eigenvalue weighted by Gasteiger charge is -2.13. The lowest BCUT2D eigenvalue weighted by atomic mass is 10.1. The van der Waals surface area contributed by atoms with Gasteiger partial charge in [-0.05, 0) is 37.3 Å².